The van der Waals surface area contributed by atoms with Gasteiger partial charge in [-0.1, -0.05) is 0 Å². The number of carboxylic acid groups (broad SMARTS) is 1. The number of aromatic nitrogens is 3. The highest BCUT2D eigenvalue weighted by atomic mass is 32.2. The summed E-state index contributed by atoms with van der Waals surface area (Å²) in [6.45, 7) is 0.0399. The van der Waals surface area contributed by atoms with Crippen molar-refractivity contribution >= 4 is 27.7 Å². The molecule has 11 nitrogen and oxygen atoms in total. The molecule has 0 aromatic carbocycles. The van der Waals surface area contributed by atoms with Gasteiger partial charge in [0, 0.05) is 6.54 Å². The second-order valence-electron chi connectivity index (χ2n) is 4.65. The fraction of sp³-hybridized carbons (Fsp3) is 0.600. The van der Waals surface area contributed by atoms with Crippen molar-refractivity contribution in [3.63, 3.8) is 0 Å². The predicted octanol–water partition coefficient (Wildman–Crippen LogP) is -2.04. The number of carbonyl (C=O) groups is 2. The van der Waals surface area contributed by atoms with Gasteiger partial charge >= 0.3 is 5.97 Å². The van der Waals surface area contributed by atoms with Gasteiger partial charge < -0.3 is 14.7 Å². The summed E-state index contributed by atoms with van der Waals surface area (Å²) in [5.74, 6) is -1.66. The molecule has 1 unspecified atom stereocenters. The van der Waals surface area contributed by atoms with E-state index in [9.17, 15) is 18.0 Å². The van der Waals surface area contributed by atoms with Crippen molar-refractivity contribution in [2.75, 3.05) is 30.7 Å². The Balaban J connectivity index is 2.03. The quantitative estimate of drug-likeness (QED) is 0.627. The van der Waals surface area contributed by atoms with Crippen LogP contribution in [-0.2, 0) is 30.9 Å². The third-order valence-electron chi connectivity index (χ3n) is 2.84. The molecule has 122 valence electrons. The summed E-state index contributed by atoms with van der Waals surface area (Å²) in [6, 6.07) is -1.05. The van der Waals surface area contributed by atoms with Crippen molar-refractivity contribution in [1.82, 2.24) is 19.9 Å². The van der Waals surface area contributed by atoms with Gasteiger partial charge in [-0.05, 0) is 0 Å². The van der Waals surface area contributed by atoms with Crippen molar-refractivity contribution in [1.29, 1.82) is 0 Å². The number of hydrogen-bond donors (Lipinski definition) is 2. The molecule has 1 aromatic rings. The highest BCUT2D eigenvalue weighted by Gasteiger charge is 2.32. The van der Waals surface area contributed by atoms with E-state index in [0.717, 1.165) is 17.2 Å². The first kappa shape index (κ1) is 16.2. The molecule has 1 aliphatic heterocycles. The van der Waals surface area contributed by atoms with Crippen LogP contribution in [0.1, 0.15) is 0 Å². The van der Waals surface area contributed by atoms with E-state index in [1.165, 1.54) is 4.90 Å². The highest BCUT2D eigenvalue weighted by molar-refractivity contribution is 7.92. The molecule has 0 spiro atoms. The van der Waals surface area contributed by atoms with Gasteiger partial charge in [-0.15, -0.1) is 5.10 Å². The number of ether oxygens (including phenoxy) is 1. The molecule has 1 fully saturated rings. The number of amides is 1. The minimum Gasteiger partial charge on any atom is -0.480 e. The Morgan fingerprint density at radius 2 is 2.27 bits per heavy atom. The van der Waals surface area contributed by atoms with Crippen LogP contribution in [-0.4, -0.2) is 77.4 Å². The van der Waals surface area contributed by atoms with Crippen LogP contribution in [0.2, 0.25) is 0 Å². The van der Waals surface area contributed by atoms with Crippen molar-refractivity contribution in [2.24, 2.45) is 0 Å². The zero-order valence-corrected chi connectivity index (χ0v) is 12.5. The third kappa shape index (κ3) is 4.14. The van der Waals surface area contributed by atoms with E-state index in [0.29, 0.717) is 0 Å². The van der Waals surface area contributed by atoms with E-state index in [1.807, 2.05) is 0 Å². The molecule has 1 aliphatic rings. The maximum absolute atomic E-state index is 12.1. The normalized spacial score (nSPS) is 19.0. The van der Waals surface area contributed by atoms with E-state index in [-0.39, 0.29) is 32.1 Å². The monoisotopic (exact) mass is 333 g/mol. The van der Waals surface area contributed by atoms with Crippen LogP contribution in [0.4, 0.5) is 5.82 Å². The van der Waals surface area contributed by atoms with Crippen molar-refractivity contribution in [2.45, 2.75) is 12.6 Å². The van der Waals surface area contributed by atoms with E-state index >= 15 is 0 Å². The van der Waals surface area contributed by atoms with Crippen molar-refractivity contribution in [3.05, 3.63) is 6.20 Å². The summed E-state index contributed by atoms with van der Waals surface area (Å²) in [4.78, 5) is 25.4. The number of hydrogen-bond acceptors (Lipinski definition) is 7. The van der Waals surface area contributed by atoms with Crippen molar-refractivity contribution < 1.29 is 27.9 Å². The fourth-order valence-electron chi connectivity index (χ4n) is 1.93. The Bertz CT molecular complexity index is 671. The Morgan fingerprint density at radius 3 is 2.91 bits per heavy atom. The Hall–Kier alpha value is -2.21. The predicted molar refractivity (Wildman–Crippen MR) is 72.4 cm³/mol. The molecule has 1 saturated heterocycles. The van der Waals surface area contributed by atoms with Crippen molar-refractivity contribution in [3.8, 4) is 0 Å². The number of nitrogens with zero attached hydrogens (tertiary/aromatic N) is 4. The first-order chi connectivity index (χ1) is 10.3. The second-order valence-corrected chi connectivity index (χ2v) is 6.40. The lowest BCUT2D eigenvalue weighted by Gasteiger charge is -2.32. The lowest BCUT2D eigenvalue weighted by atomic mass is 10.2. The molecule has 2 rings (SSSR count). The standard InChI is InChI=1S/C10H15N5O6S/c1-22(19,20)13-8-4-11-15(12-8)5-9(16)14-2-3-21-6-7(14)10(17)18/h4,7H,2-3,5-6H2,1H3,(H,12,13)(H,17,18). The van der Waals surface area contributed by atoms with Crippen LogP contribution in [0.25, 0.3) is 0 Å². The van der Waals surface area contributed by atoms with Gasteiger partial charge in [0.1, 0.15) is 6.54 Å². The molecule has 0 saturated carbocycles. The summed E-state index contributed by atoms with van der Waals surface area (Å²) in [6.07, 6.45) is 2.12. The van der Waals surface area contributed by atoms with Gasteiger partial charge in [0.15, 0.2) is 11.9 Å². The number of rotatable bonds is 5. The van der Waals surface area contributed by atoms with Crippen LogP contribution in [0.3, 0.4) is 0 Å². The lowest BCUT2D eigenvalue weighted by Crippen LogP contribution is -2.53. The summed E-state index contributed by atoms with van der Waals surface area (Å²) in [7, 11) is -3.49. The Kier molecular flexibility index (Phi) is 4.61. The topological polar surface area (TPSA) is 144 Å². The molecule has 2 heterocycles. The second kappa shape index (κ2) is 6.27. The van der Waals surface area contributed by atoms with Crippen LogP contribution in [0, 0.1) is 0 Å². The summed E-state index contributed by atoms with van der Waals surface area (Å²) in [5, 5.41) is 16.6. The maximum Gasteiger partial charge on any atom is 0.328 e. The third-order valence-corrected chi connectivity index (χ3v) is 3.42. The van der Waals surface area contributed by atoms with Crippen LogP contribution in [0.5, 0.6) is 0 Å². The Labute approximate surface area is 125 Å². The maximum atomic E-state index is 12.1. The van der Waals surface area contributed by atoms with Gasteiger partial charge in [0.25, 0.3) is 0 Å². The Morgan fingerprint density at radius 1 is 1.55 bits per heavy atom. The van der Waals surface area contributed by atoms with Gasteiger partial charge in [-0.2, -0.15) is 9.90 Å². The van der Waals surface area contributed by atoms with Crippen LogP contribution >= 0.6 is 0 Å². The molecule has 1 amide bonds. The van der Waals surface area contributed by atoms with Gasteiger partial charge in [-0.25, -0.2) is 13.2 Å². The van der Waals surface area contributed by atoms with Crippen LogP contribution < -0.4 is 4.72 Å². The molecule has 12 heteroatoms. The fourth-order valence-corrected chi connectivity index (χ4v) is 2.40. The minimum atomic E-state index is -3.49. The highest BCUT2D eigenvalue weighted by Crippen LogP contribution is 2.09. The zero-order chi connectivity index (χ0) is 16.3. The number of sulfonamides is 1. The molecular weight excluding hydrogens is 318 g/mol. The van der Waals surface area contributed by atoms with E-state index in [1.54, 1.807) is 0 Å². The number of carboxylic acids is 1. The molecule has 0 radical (unpaired) electrons. The minimum absolute atomic E-state index is 0.0212. The molecule has 22 heavy (non-hydrogen) atoms. The van der Waals surface area contributed by atoms with Crippen LogP contribution in [0.15, 0.2) is 6.20 Å². The SMILES string of the molecule is CS(=O)(=O)Nc1cnn(CC(=O)N2CCOCC2C(=O)O)n1. The van der Waals surface area contributed by atoms with Gasteiger partial charge in [0.05, 0.1) is 25.7 Å². The van der Waals surface area contributed by atoms with Gasteiger partial charge in [-0.3, -0.25) is 9.52 Å². The average molecular weight is 333 g/mol. The average Bonchev–Trinajstić information content (AvgIpc) is 2.83. The summed E-state index contributed by atoms with van der Waals surface area (Å²) in [5.41, 5.74) is 0. The van der Waals surface area contributed by atoms with E-state index < -0.39 is 27.9 Å². The van der Waals surface area contributed by atoms with E-state index in [2.05, 4.69) is 14.9 Å². The first-order valence-corrected chi connectivity index (χ1v) is 8.13. The lowest BCUT2D eigenvalue weighted by molar-refractivity contribution is -0.158. The molecular formula is C10H15N5O6S. The molecule has 1 aromatic heterocycles. The first-order valence-electron chi connectivity index (χ1n) is 6.24. The largest absolute Gasteiger partial charge is 0.480 e. The zero-order valence-electron chi connectivity index (χ0n) is 11.7. The molecule has 2 N–H and O–H groups in total. The van der Waals surface area contributed by atoms with Gasteiger partial charge in [0.2, 0.25) is 15.9 Å². The van der Waals surface area contributed by atoms with E-state index in [4.69, 9.17) is 9.84 Å². The summed E-state index contributed by atoms with van der Waals surface area (Å²) < 4.78 is 29.3. The smallest absolute Gasteiger partial charge is 0.328 e. The molecule has 1 atom stereocenters. The summed E-state index contributed by atoms with van der Waals surface area (Å²) >= 11 is 0. The number of nitrogens with one attached hydrogen (secondary N) is 1. The molecule has 0 bridgehead atoms. The number of carbonyl (C=O) groups excluding carboxylic acids is 1. The number of aliphatic carboxylic acids is 1. The number of anilines is 1. The molecule has 0 aliphatic carbocycles. The number of morpholine rings is 1.